The Kier molecular flexibility index (Phi) is 5.32. The molecular weight excluding hydrogens is 284 g/mol. The number of carboxylic acids is 1. The lowest BCUT2D eigenvalue weighted by Gasteiger charge is -2.13. The van der Waals surface area contributed by atoms with Crippen LogP contribution < -0.4 is 4.72 Å². The van der Waals surface area contributed by atoms with E-state index in [0.717, 1.165) is 6.07 Å². The van der Waals surface area contributed by atoms with Gasteiger partial charge in [-0.15, -0.1) is 0 Å². The molecule has 0 radical (unpaired) electrons. The third kappa shape index (κ3) is 3.59. The van der Waals surface area contributed by atoms with Gasteiger partial charge in [0.05, 0.1) is 6.61 Å². The number of carboxylic acid groups (broad SMARTS) is 1. The Balaban J connectivity index is 3.19. The molecule has 0 amide bonds. The van der Waals surface area contributed by atoms with Crippen LogP contribution in [-0.2, 0) is 10.0 Å². The van der Waals surface area contributed by atoms with Gasteiger partial charge < -0.3 is 14.8 Å². The summed E-state index contributed by atoms with van der Waals surface area (Å²) in [5, 5.41) is 18.1. The number of aromatic carboxylic acids is 1. The minimum atomic E-state index is -3.85. The van der Waals surface area contributed by atoms with Crippen molar-refractivity contribution in [2.24, 2.45) is 0 Å². The molecule has 1 aromatic heterocycles. The van der Waals surface area contributed by atoms with E-state index in [9.17, 15) is 13.2 Å². The molecule has 0 spiro atoms. The fraction of sp³-hybridized carbons (Fsp3) is 0.583. The molecule has 1 heterocycles. The van der Waals surface area contributed by atoms with Crippen molar-refractivity contribution in [3.63, 3.8) is 0 Å². The second-order valence-corrected chi connectivity index (χ2v) is 6.49. The number of aromatic nitrogens is 1. The van der Waals surface area contributed by atoms with Crippen LogP contribution in [0.1, 0.15) is 43.7 Å². The second kappa shape index (κ2) is 6.38. The Labute approximate surface area is 118 Å². The molecule has 0 saturated heterocycles. The van der Waals surface area contributed by atoms with Gasteiger partial charge >= 0.3 is 5.97 Å². The van der Waals surface area contributed by atoms with Gasteiger partial charge in [0.25, 0.3) is 0 Å². The largest absolute Gasteiger partial charge is 0.477 e. The van der Waals surface area contributed by atoms with Crippen LogP contribution in [0.15, 0.2) is 17.2 Å². The van der Waals surface area contributed by atoms with E-state index in [4.69, 9.17) is 10.2 Å². The third-order valence-corrected chi connectivity index (χ3v) is 4.43. The first-order valence-corrected chi connectivity index (χ1v) is 7.79. The van der Waals surface area contributed by atoms with Crippen molar-refractivity contribution in [2.45, 2.75) is 44.2 Å². The number of nitrogens with zero attached hydrogens (tertiary/aromatic N) is 1. The quantitative estimate of drug-likeness (QED) is 0.691. The van der Waals surface area contributed by atoms with Crippen molar-refractivity contribution in [3.05, 3.63) is 18.0 Å². The molecule has 7 nitrogen and oxygen atoms in total. The van der Waals surface area contributed by atoms with E-state index < -0.39 is 22.0 Å². The SMILES string of the molecule is CC[C@@H](CO)NS(=O)(=O)c1cc(C(=O)O)n(C(C)C)c1. The maximum absolute atomic E-state index is 12.1. The summed E-state index contributed by atoms with van der Waals surface area (Å²) in [6, 6.07) is 0.356. The maximum Gasteiger partial charge on any atom is 0.352 e. The lowest BCUT2D eigenvalue weighted by atomic mass is 10.3. The van der Waals surface area contributed by atoms with Crippen molar-refractivity contribution < 1.29 is 23.4 Å². The van der Waals surface area contributed by atoms with Crippen molar-refractivity contribution in [1.82, 2.24) is 9.29 Å². The molecule has 1 aromatic rings. The predicted molar refractivity (Wildman–Crippen MR) is 73.3 cm³/mol. The van der Waals surface area contributed by atoms with Gasteiger partial charge in [0, 0.05) is 18.3 Å². The van der Waals surface area contributed by atoms with Crippen LogP contribution >= 0.6 is 0 Å². The molecule has 0 aliphatic heterocycles. The van der Waals surface area contributed by atoms with Gasteiger partial charge in [-0.3, -0.25) is 0 Å². The highest BCUT2D eigenvalue weighted by Crippen LogP contribution is 2.19. The average molecular weight is 304 g/mol. The molecule has 0 aromatic carbocycles. The first kappa shape index (κ1) is 16.7. The average Bonchev–Trinajstić information content (AvgIpc) is 2.82. The molecule has 0 saturated carbocycles. The van der Waals surface area contributed by atoms with Crippen molar-refractivity contribution in [3.8, 4) is 0 Å². The lowest BCUT2D eigenvalue weighted by Crippen LogP contribution is -2.36. The number of sulfonamides is 1. The molecule has 114 valence electrons. The van der Waals surface area contributed by atoms with E-state index in [1.165, 1.54) is 10.8 Å². The summed E-state index contributed by atoms with van der Waals surface area (Å²) in [6.45, 7) is 4.95. The smallest absolute Gasteiger partial charge is 0.352 e. The molecular formula is C12H20N2O5S. The summed E-state index contributed by atoms with van der Waals surface area (Å²) in [6.07, 6.45) is 1.73. The molecule has 0 unspecified atom stereocenters. The molecule has 8 heteroatoms. The van der Waals surface area contributed by atoms with E-state index in [1.807, 2.05) is 0 Å². The topological polar surface area (TPSA) is 109 Å². The van der Waals surface area contributed by atoms with E-state index in [1.54, 1.807) is 20.8 Å². The summed E-state index contributed by atoms with van der Waals surface area (Å²) in [7, 11) is -3.85. The number of aliphatic hydroxyl groups excluding tert-OH is 1. The molecule has 0 aliphatic carbocycles. The zero-order valence-corrected chi connectivity index (χ0v) is 12.5. The minimum Gasteiger partial charge on any atom is -0.477 e. The Bertz CT molecular complexity index is 573. The number of carbonyl (C=O) groups is 1. The Hall–Kier alpha value is -1.38. The normalized spacial score (nSPS) is 13.7. The maximum atomic E-state index is 12.1. The van der Waals surface area contributed by atoms with Crippen LogP contribution in [0.3, 0.4) is 0 Å². The first-order chi connectivity index (χ1) is 9.22. The van der Waals surface area contributed by atoms with Crippen molar-refractivity contribution >= 4 is 16.0 Å². The molecule has 0 aliphatic rings. The Morgan fingerprint density at radius 1 is 1.45 bits per heavy atom. The first-order valence-electron chi connectivity index (χ1n) is 6.31. The highest BCUT2D eigenvalue weighted by Gasteiger charge is 2.24. The number of nitrogens with one attached hydrogen (secondary N) is 1. The van der Waals surface area contributed by atoms with E-state index in [2.05, 4.69) is 4.72 Å². The standard InChI is InChI=1S/C12H20N2O5S/c1-4-9(7-15)13-20(18,19)10-5-11(12(16)17)14(6-10)8(2)3/h5-6,8-9,13,15H,4,7H2,1-3H3,(H,16,17)/t9-/m0/s1. The van der Waals surface area contributed by atoms with E-state index in [-0.39, 0.29) is 23.2 Å². The number of hydrogen-bond acceptors (Lipinski definition) is 4. The molecule has 1 atom stereocenters. The molecule has 1 rings (SSSR count). The summed E-state index contributed by atoms with van der Waals surface area (Å²) < 4.78 is 28.0. The van der Waals surface area contributed by atoms with Gasteiger partial charge in [0.1, 0.15) is 10.6 Å². The van der Waals surface area contributed by atoms with E-state index >= 15 is 0 Å². The van der Waals surface area contributed by atoms with Gasteiger partial charge in [-0.1, -0.05) is 6.92 Å². The summed E-state index contributed by atoms with van der Waals surface area (Å²) in [5.41, 5.74) is -0.0857. The summed E-state index contributed by atoms with van der Waals surface area (Å²) in [5.74, 6) is -1.19. The Morgan fingerprint density at radius 3 is 2.40 bits per heavy atom. The van der Waals surface area contributed by atoms with Gasteiger partial charge in [-0.25, -0.2) is 17.9 Å². The fourth-order valence-electron chi connectivity index (χ4n) is 1.74. The third-order valence-electron chi connectivity index (χ3n) is 2.94. The van der Waals surface area contributed by atoms with Crippen LogP contribution in [0.4, 0.5) is 0 Å². The van der Waals surface area contributed by atoms with Crippen LogP contribution in [0, 0.1) is 0 Å². The summed E-state index contributed by atoms with van der Waals surface area (Å²) in [4.78, 5) is 11.0. The lowest BCUT2D eigenvalue weighted by molar-refractivity contribution is 0.0683. The van der Waals surface area contributed by atoms with Gasteiger partial charge in [-0.05, 0) is 26.3 Å². The van der Waals surface area contributed by atoms with Crippen molar-refractivity contribution in [2.75, 3.05) is 6.61 Å². The molecule has 0 bridgehead atoms. The second-order valence-electron chi connectivity index (χ2n) is 4.78. The van der Waals surface area contributed by atoms with Gasteiger partial charge in [0.15, 0.2) is 0 Å². The zero-order chi connectivity index (χ0) is 15.5. The van der Waals surface area contributed by atoms with Crippen molar-refractivity contribution in [1.29, 1.82) is 0 Å². The van der Waals surface area contributed by atoms with Gasteiger partial charge in [0.2, 0.25) is 10.0 Å². The van der Waals surface area contributed by atoms with Gasteiger partial charge in [-0.2, -0.15) is 0 Å². The number of aliphatic hydroxyl groups is 1. The molecule has 0 fully saturated rings. The zero-order valence-electron chi connectivity index (χ0n) is 11.7. The number of rotatable bonds is 7. The van der Waals surface area contributed by atoms with Crippen LogP contribution in [0.5, 0.6) is 0 Å². The number of hydrogen-bond donors (Lipinski definition) is 3. The summed E-state index contributed by atoms with van der Waals surface area (Å²) >= 11 is 0. The molecule has 20 heavy (non-hydrogen) atoms. The predicted octanol–water partition coefficient (Wildman–Crippen LogP) is 0.816. The minimum absolute atomic E-state index is 0.0857. The van der Waals surface area contributed by atoms with Crippen LogP contribution in [0.2, 0.25) is 0 Å². The molecule has 3 N–H and O–H groups in total. The van der Waals surface area contributed by atoms with Crippen LogP contribution in [-0.4, -0.2) is 41.8 Å². The van der Waals surface area contributed by atoms with Crippen LogP contribution in [0.25, 0.3) is 0 Å². The monoisotopic (exact) mass is 304 g/mol. The van der Waals surface area contributed by atoms with E-state index in [0.29, 0.717) is 6.42 Å². The highest BCUT2D eigenvalue weighted by atomic mass is 32.2. The Morgan fingerprint density at radius 2 is 2.05 bits per heavy atom. The fourth-order valence-corrected chi connectivity index (χ4v) is 3.07. The highest BCUT2D eigenvalue weighted by molar-refractivity contribution is 7.89.